The third kappa shape index (κ3) is 2.90. The number of para-hydroxylation sites is 1. The summed E-state index contributed by atoms with van der Waals surface area (Å²) in [5.41, 5.74) is 4.03. The monoisotopic (exact) mass is 409 g/mol. The van der Waals surface area contributed by atoms with Crippen molar-refractivity contribution in [3.8, 4) is 22.4 Å². The fourth-order valence-electron chi connectivity index (χ4n) is 2.99. The van der Waals surface area contributed by atoms with Gasteiger partial charge in [-0.2, -0.15) is 0 Å². The summed E-state index contributed by atoms with van der Waals surface area (Å²) in [6.45, 7) is 0. The molecule has 0 aliphatic carbocycles. The van der Waals surface area contributed by atoms with E-state index in [2.05, 4.69) is 20.9 Å². The maximum Gasteiger partial charge on any atom is 0.197 e. The fourth-order valence-corrected chi connectivity index (χ4v) is 3.60. The van der Waals surface area contributed by atoms with Gasteiger partial charge in [-0.25, -0.2) is 0 Å². The second-order valence-electron chi connectivity index (χ2n) is 5.74. The van der Waals surface area contributed by atoms with E-state index in [9.17, 15) is 4.79 Å². The van der Waals surface area contributed by atoms with Crippen molar-refractivity contribution < 1.29 is 0 Å². The second kappa shape index (κ2) is 6.51. The molecule has 0 aliphatic rings. The Bertz CT molecular complexity index is 1130. The SMILES string of the molecule is O=c1c(-c2ccccc2Br)c(-c2ccc(Cl)cc2)[nH]c2ccccc12. The largest absolute Gasteiger partial charge is 0.354 e. The average molecular weight is 411 g/mol. The number of aromatic amines is 1. The van der Waals surface area contributed by atoms with E-state index in [0.29, 0.717) is 16.0 Å². The van der Waals surface area contributed by atoms with Crippen LogP contribution < -0.4 is 5.43 Å². The van der Waals surface area contributed by atoms with Gasteiger partial charge >= 0.3 is 0 Å². The van der Waals surface area contributed by atoms with Gasteiger partial charge in [-0.15, -0.1) is 0 Å². The summed E-state index contributed by atoms with van der Waals surface area (Å²) in [6, 6.07) is 22.8. The lowest BCUT2D eigenvalue weighted by molar-refractivity contribution is 1.37. The van der Waals surface area contributed by atoms with Crippen LogP contribution in [0.5, 0.6) is 0 Å². The van der Waals surface area contributed by atoms with Crippen LogP contribution in [0.25, 0.3) is 33.3 Å². The molecule has 0 fully saturated rings. The minimum Gasteiger partial charge on any atom is -0.354 e. The van der Waals surface area contributed by atoms with Crippen LogP contribution in [0, 0.1) is 0 Å². The number of hydrogen-bond donors (Lipinski definition) is 1. The van der Waals surface area contributed by atoms with Gasteiger partial charge in [0.1, 0.15) is 0 Å². The van der Waals surface area contributed by atoms with Crippen LogP contribution in [0.4, 0.5) is 0 Å². The minimum atomic E-state index is 0.00574. The number of benzene rings is 3. The number of hydrogen-bond acceptors (Lipinski definition) is 1. The molecule has 122 valence electrons. The Morgan fingerprint density at radius 3 is 2.28 bits per heavy atom. The van der Waals surface area contributed by atoms with Crippen molar-refractivity contribution in [2.24, 2.45) is 0 Å². The summed E-state index contributed by atoms with van der Waals surface area (Å²) < 4.78 is 0.881. The molecule has 4 rings (SSSR count). The molecule has 0 unspecified atom stereocenters. The number of aromatic nitrogens is 1. The van der Waals surface area contributed by atoms with Crippen molar-refractivity contribution in [1.29, 1.82) is 0 Å². The number of halogens is 2. The molecule has 1 aromatic heterocycles. The number of fused-ring (bicyclic) bond motifs is 1. The lowest BCUT2D eigenvalue weighted by atomic mass is 9.97. The van der Waals surface area contributed by atoms with Crippen LogP contribution in [0.3, 0.4) is 0 Å². The predicted octanol–water partition coefficient (Wildman–Crippen LogP) is 6.28. The second-order valence-corrected chi connectivity index (χ2v) is 7.03. The maximum absolute atomic E-state index is 13.3. The summed E-state index contributed by atoms with van der Waals surface area (Å²) in [5.74, 6) is 0. The van der Waals surface area contributed by atoms with E-state index in [1.807, 2.05) is 72.8 Å². The van der Waals surface area contributed by atoms with E-state index in [4.69, 9.17) is 11.6 Å². The Balaban J connectivity index is 2.13. The topological polar surface area (TPSA) is 32.9 Å². The number of pyridine rings is 1. The van der Waals surface area contributed by atoms with E-state index in [1.54, 1.807) is 0 Å². The van der Waals surface area contributed by atoms with Gasteiger partial charge < -0.3 is 4.98 Å². The van der Waals surface area contributed by atoms with Crippen molar-refractivity contribution in [1.82, 2.24) is 4.98 Å². The summed E-state index contributed by atoms with van der Waals surface area (Å²) in [4.78, 5) is 16.7. The van der Waals surface area contributed by atoms with E-state index < -0.39 is 0 Å². The molecule has 0 amide bonds. The first-order chi connectivity index (χ1) is 12.1. The Morgan fingerprint density at radius 1 is 0.840 bits per heavy atom. The van der Waals surface area contributed by atoms with E-state index >= 15 is 0 Å². The summed E-state index contributed by atoms with van der Waals surface area (Å²) >= 11 is 9.60. The molecule has 0 saturated carbocycles. The molecule has 3 aromatic carbocycles. The first-order valence-corrected chi connectivity index (χ1v) is 8.98. The number of H-pyrrole nitrogens is 1. The van der Waals surface area contributed by atoms with Crippen LogP contribution >= 0.6 is 27.5 Å². The van der Waals surface area contributed by atoms with Crippen molar-refractivity contribution in [2.75, 3.05) is 0 Å². The highest BCUT2D eigenvalue weighted by molar-refractivity contribution is 9.10. The van der Waals surface area contributed by atoms with Crippen LogP contribution in [-0.4, -0.2) is 4.98 Å². The molecule has 0 bridgehead atoms. The third-order valence-electron chi connectivity index (χ3n) is 4.18. The van der Waals surface area contributed by atoms with Crippen LogP contribution in [0.1, 0.15) is 0 Å². The zero-order valence-electron chi connectivity index (χ0n) is 13.1. The molecular weight excluding hydrogens is 398 g/mol. The molecule has 2 nitrogen and oxygen atoms in total. The van der Waals surface area contributed by atoms with Gasteiger partial charge in [0.05, 0.1) is 11.3 Å². The van der Waals surface area contributed by atoms with Crippen molar-refractivity contribution in [3.05, 3.63) is 92.5 Å². The van der Waals surface area contributed by atoms with E-state index in [-0.39, 0.29) is 5.43 Å². The van der Waals surface area contributed by atoms with Gasteiger partial charge in [-0.3, -0.25) is 4.79 Å². The normalized spacial score (nSPS) is 11.0. The van der Waals surface area contributed by atoms with Crippen molar-refractivity contribution in [3.63, 3.8) is 0 Å². The first kappa shape index (κ1) is 16.1. The summed E-state index contributed by atoms with van der Waals surface area (Å²) in [6.07, 6.45) is 0. The fraction of sp³-hybridized carbons (Fsp3) is 0. The van der Waals surface area contributed by atoms with Gasteiger partial charge in [0.15, 0.2) is 5.43 Å². The average Bonchev–Trinajstić information content (AvgIpc) is 2.63. The molecular formula is C21H13BrClNO. The first-order valence-electron chi connectivity index (χ1n) is 7.81. The molecule has 0 aliphatic heterocycles. The Labute approximate surface area is 158 Å². The molecule has 0 spiro atoms. The highest BCUT2D eigenvalue weighted by Gasteiger charge is 2.17. The molecule has 25 heavy (non-hydrogen) atoms. The standard InChI is InChI=1S/C21H13BrClNO/c22-17-7-3-1-5-15(17)19-20(13-9-11-14(23)12-10-13)24-18-8-4-2-6-16(18)21(19)25/h1-12H,(H,24,25). The van der Waals surface area contributed by atoms with Crippen LogP contribution in [0.15, 0.2) is 82.1 Å². The zero-order valence-corrected chi connectivity index (χ0v) is 15.4. The minimum absolute atomic E-state index is 0.00574. The maximum atomic E-state index is 13.3. The van der Waals surface area contributed by atoms with Gasteiger partial charge in [0.25, 0.3) is 0 Å². The molecule has 0 radical (unpaired) electrons. The van der Waals surface area contributed by atoms with E-state index in [1.165, 1.54) is 0 Å². The molecule has 1 N–H and O–H groups in total. The molecule has 0 atom stereocenters. The Morgan fingerprint density at radius 2 is 1.52 bits per heavy atom. The number of nitrogens with one attached hydrogen (secondary N) is 1. The number of rotatable bonds is 2. The van der Waals surface area contributed by atoms with Gasteiger partial charge in [0, 0.05) is 26.0 Å². The Hall–Kier alpha value is -2.36. The van der Waals surface area contributed by atoms with Crippen molar-refractivity contribution in [2.45, 2.75) is 0 Å². The molecule has 1 heterocycles. The molecule has 4 aromatic rings. The van der Waals surface area contributed by atoms with Gasteiger partial charge in [0.2, 0.25) is 0 Å². The summed E-state index contributed by atoms with van der Waals surface area (Å²) in [7, 11) is 0. The Kier molecular flexibility index (Phi) is 4.20. The van der Waals surface area contributed by atoms with Crippen LogP contribution in [-0.2, 0) is 0 Å². The zero-order chi connectivity index (χ0) is 17.4. The molecule has 4 heteroatoms. The molecule has 0 saturated heterocycles. The highest BCUT2D eigenvalue weighted by atomic mass is 79.9. The van der Waals surface area contributed by atoms with Crippen LogP contribution in [0.2, 0.25) is 5.02 Å². The lowest BCUT2D eigenvalue weighted by Gasteiger charge is -2.13. The highest BCUT2D eigenvalue weighted by Crippen LogP contribution is 2.34. The van der Waals surface area contributed by atoms with Gasteiger partial charge in [-0.1, -0.05) is 70.0 Å². The van der Waals surface area contributed by atoms with E-state index in [0.717, 1.165) is 26.8 Å². The third-order valence-corrected chi connectivity index (χ3v) is 5.13. The smallest absolute Gasteiger partial charge is 0.197 e. The van der Waals surface area contributed by atoms with Gasteiger partial charge in [-0.05, 0) is 35.9 Å². The quantitative estimate of drug-likeness (QED) is 0.414. The lowest BCUT2D eigenvalue weighted by Crippen LogP contribution is -2.09. The van der Waals surface area contributed by atoms with Crippen molar-refractivity contribution >= 4 is 38.4 Å². The predicted molar refractivity (Wildman–Crippen MR) is 108 cm³/mol. The summed E-state index contributed by atoms with van der Waals surface area (Å²) in [5, 5.41) is 1.33.